The normalized spacial score (nSPS) is 18.8. The fourth-order valence-electron chi connectivity index (χ4n) is 4.48. The topological polar surface area (TPSA) is 82.8 Å². The highest BCUT2D eigenvalue weighted by Crippen LogP contribution is 2.28. The summed E-state index contributed by atoms with van der Waals surface area (Å²) in [5.41, 5.74) is 3.90. The number of furan rings is 1. The second-order valence-corrected chi connectivity index (χ2v) is 8.74. The Hall–Kier alpha value is -3.68. The predicted octanol–water partition coefficient (Wildman–Crippen LogP) is 3.06. The molecule has 3 aromatic rings. The molecule has 2 saturated heterocycles. The molecular formula is C25H27N5O3. The summed E-state index contributed by atoms with van der Waals surface area (Å²) in [5, 5.41) is 8.60. The first-order chi connectivity index (χ1) is 16.0. The lowest BCUT2D eigenvalue weighted by atomic mass is 10.1. The maximum atomic E-state index is 13.2. The molecule has 0 saturated carbocycles. The minimum absolute atomic E-state index is 0.0159. The SMILES string of the molecule is Cc1ccc(N2CC(C(=O)N3CCN(c4ccc(-c5ccco5)nn4)CC3)CC2=O)cc1C. The number of nitrogens with zero attached hydrogens (tertiary/aromatic N) is 5. The Labute approximate surface area is 192 Å². The molecule has 0 N–H and O–H groups in total. The highest BCUT2D eigenvalue weighted by atomic mass is 16.3. The van der Waals surface area contributed by atoms with E-state index in [4.69, 9.17) is 4.42 Å². The third-order valence-electron chi connectivity index (χ3n) is 6.62. The largest absolute Gasteiger partial charge is 0.463 e. The summed E-state index contributed by atoms with van der Waals surface area (Å²) in [6, 6.07) is 13.5. The van der Waals surface area contributed by atoms with Crippen molar-refractivity contribution in [3.8, 4) is 11.5 Å². The molecule has 2 fully saturated rings. The zero-order chi connectivity index (χ0) is 22.9. The van der Waals surface area contributed by atoms with E-state index >= 15 is 0 Å². The van der Waals surface area contributed by atoms with E-state index in [0.717, 1.165) is 17.1 Å². The third kappa shape index (κ3) is 4.20. The molecule has 1 aromatic carbocycles. The van der Waals surface area contributed by atoms with Crippen LogP contribution < -0.4 is 9.80 Å². The molecule has 2 aliphatic heterocycles. The molecule has 33 heavy (non-hydrogen) atoms. The van der Waals surface area contributed by atoms with E-state index in [1.165, 1.54) is 5.56 Å². The van der Waals surface area contributed by atoms with Gasteiger partial charge in [-0.2, -0.15) is 0 Å². The third-order valence-corrected chi connectivity index (χ3v) is 6.62. The minimum atomic E-state index is -0.293. The van der Waals surface area contributed by atoms with Gasteiger partial charge in [-0.3, -0.25) is 9.59 Å². The summed E-state index contributed by atoms with van der Waals surface area (Å²) in [6.45, 7) is 7.11. The number of carbonyl (C=O) groups excluding carboxylic acids is 2. The van der Waals surface area contributed by atoms with Crippen LogP contribution in [0, 0.1) is 19.8 Å². The number of amides is 2. The number of aryl methyl sites for hydroxylation is 2. The van der Waals surface area contributed by atoms with Crippen molar-refractivity contribution in [2.75, 3.05) is 42.5 Å². The molecule has 0 spiro atoms. The summed E-state index contributed by atoms with van der Waals surface area (Å²) in [4.78, 5) is 31.6. The van der Waals surface area contributed by atoms with Gasteiger partial charge in [0.05, 0.1) is 12.2 Å². The van der Waals surface area contributed by atoms with Gasteiger partial charge in [-0.25, -0.2) is 0 Å². The summed E-state index contributed by atoms with van der Waals surface area (Å²) >= 11 is 0. The fourth-order valence-corrected chi connectivity index (χ4v) is 4.48. The van der Waals surface area contributed by atoms with Crippen molar-refractivity contribution in [1.82, 2.24) is 15.1 Å². The van der Waals surface area contributed by atoms with E-state index in [-0.39, 0.29) is 24.2 Å². The molecule has 0 radical (unpaired) electrons. The Morgan fingerprint density at radius 2 is 1.82 bits per heavy atom. The van der Waals surface area contributed by atoms with Crippen LogP contribution >= 0.6 is 0 Å². The summed E-state index contributed by atoms with van der Waals surface area (Å²) < 4.78 is 5.36. The molecule has 0 bridgehead atoms. The van der Waals surface area contributed by atoms with Crippen molar-refractivity contribution in [2.24, 2.45) is 5.92 Å². The Balaban J connectivity index is 1.18. The van der Waals surface area contributed by atoms with Gasteiger partial charge in [-0.1, -0.05) is 6.07 Å². The summed E-state index contributed by atoms with van der Waals surface area (Å²) in [5.74, 6) is 1.26. The number of aromatic nitrogens is 2. The van der Waals surface area contributed by atoms with Crippen molar-refractivity contribution in [1.29, 1.82) is 0 Å². The van der Waals surface area contributed by atoms with Crippen LogP contribution in [0.25, 0.3) is 11.5 Å². The smallest absolute Gasteiger partial charge is 0.228 e. The van der Waals surface area contributed by atoms with Crippen LogP contribution in [0.2, 0.25) is 0 Å². The lowest BCUT2D eigenvalue weighted by molar-refractivity contribution is -0.136. The van der Waals surface area contributed by atoms with Gasteiger partial charge in [-0.05, 0) is 61.4 Å². The van der Waals surface area contributed by atoms with Gasteiger partial charge >= 0.3 is 0 Å². The number of carbonyl (C=O) groups is 2. The lowest BCUT2D eigenvalue weighted by Gasteiger charge is -2.36. The number of piperazine rings is 1. The van der Waals surface area contributed by atoms with Crippen LogP contribution in [-0.4, -0.2) is 59.6 Å². The minimum Gasteiger partial charge on any atom is -0.463 e. The van der Waals surface area contributed by atoms with Crippen LogP contribution in [0.1, 0.15) is 17.5 Å². The van der Waals surface area contributed by atoms with Crippen LogP contribution in [0.4, 0.5) is 11.5 Å². The van der Waals surface area contributed by atoms with Gasteiger partial charge in [0.2, 0.25) is 11.8 Å². The summed E-state index contributed by atoms with van der Waals surface area (Å²) in [7, 11) is 0. The van der Waals surface area contributed by atoms with Gasteiger partial charge in [0.15, 0.2) is 11.6 Å². The van der Waals surface area contributed by atoms with Crippen molar-refractivity contribution in [2.45, 2.75) is 20.3 Å². The molecule has 0 aliphatic carbocycles. The van der Waals surface area contributed by atoms with Crippen LogP contribution in [0.15, 0.2) is 53.1 Å². The zero-order valence-electron chi connectivity index (χ0n) is 18.9. The highest BCUT2D eigenvalue weighted by Gasteiger charge is 2.38. The average Bonchev–Trinajstić information content (AvgIpc) is 3.51. The number of anilines is 2. The number of rotatable bonds is 4. The predicted molar refractivity (Wildman–Crippen MR) is 125 cm³/mol. The number of hydrogen-bond donors (Lipinski definition) is 0. The standard InChI is InChI=1S/C25H27N5O3/c1-17-5-6-20(14-18(17)2)30-16-19(15-24(30)31)25(32)29-11-9-28(10-12-29)23-8-7-21(26-27-23)22-4-3-13-33-22/h3-8,13-14,19H,9-12,15-16H2,1-2H3. The van der Waals surface area contributed by atoms with Crippen molar-refractivity contribution in [3.63, 3.8) is 0 Å². The van der Waals surface area contributed by atoms with Crippen molar-refractivity contribution in [3.05, 3.63) is 59.9 Å². The van der Waals surface area contributed by atoms with Crippen LogP contribution in [-0.2, 0) is 9.59 Å². The Morgan fingerprint density at radius 1 is 1.00 bits per heavy atom. The molecule has 5 rings (SSSR count). The second-order valence-electron chi connectivity index (χ2n) is 8.74. The summed E-state index contributed by atoms with van der Waals surface area (Å²) in [6.07, 6.45) is 1.88. The van der Waals surface area contributed by atoms with Crippen molar-refractivity contribution < 1.29 is 14.0 Å². The molecule has 8 heteroatoms. The molecule has 1 atom stereocenters. The van der Waals surface area contributed by atoms with E-state index in [2.05, 4.69) is 22.0 Å². The molecular weight excluding hydrogens is 418 g/mol. The molecule has 2 aromatic heterocycles. The van der Waals surface area contributed by atoms with E-state index in [9.17, 15) is 9.59 Å². The van der Waals surface area contributed by atoms with E-state index in [0.29, 0.717) is 44.2 Å². The number of hydrogen-bond acceptors (Lipinski definition) is 6. The van der Waals surface area contributed by atoms with Crippen LogP contribution in [0.3, 0.4) is 0 Å². The monoisotopic (exact) mass is 445 g/mol. The molecule has 2 amide bonds. The van der Waals surface area contributed by atoms with Gasteiger partial charge in [0, 0.05) is 44.8 Å². The zero-order valence-corrected chi connectivity index (χ0v) is 18.9. The first kappa shape index (κ1) is 21.2. The Morgan fingerprint density at radius 3 is 2.48 bits per heavy atom. The van der Waals surface area contributed by atoms with E-state index in [1.807, 2.05) is 54.3 Å². The van der Waals surface area contributed by atoms with Gasteiger partial charge in [0.25, 0.3) is 0 Å². The maximum Gasteiger partial charge on any atom is 0.228 e. The Bertz CT molecular complexity index is 1150. The molecule has 8 nitrogen and oxygen atoms in total. The maximum absolute atomic E-state index is 13.2. The average molecular weight is 446 g/mol. The second kappa shape index (κ2) is 8.69. The van der Waals surface area contributed by atoms with Gasteiger partial charge in [0.1, 0.15) is 5.69 Å². The first-order valence-corrected chi connectivity index (χ1v) is 11.3. The molecule has 1 unspecified atom stereocenters. The fraction of sp³-hybridized carbons (Fsp3) is 0.360. The Kier molecular flexibility index (Phi) is 5.58. The van der Waals surface area contributed by atoms with Gasteiger partial charge < -0.3 is 19.1 Å². The quantitative estimate of drug-likeness (QED) is 0.614. The first-order valence-electron chi connectivity index (χ1n) is 11.3. The van der Waals surface area contributed by atoms with E-state index in [1.54, 1.807) is 11.2 Å². The molecule has 170 valence electrons. The molecule has 4 heterocycles. The van der Waals surface area contributed by atoms with Gasteiger partial charge in [-0.15, -0.1) is 10.2 Å². The van der Waals surface area contributed by atoms with Crippen LogP contribution in [0.5, 0.6) is 0 Å². The lowest BCUT2D eigenvalue weighted by Crippen LogP contribution is -2.51. The highest BCUT2D eigenvalue weighted by molar-refractivity contribution is 6.00. The van der Waals surface area contributed by atoms with E-state index < -0.39 is 0 Å². The van der Waals surface area contributed by atoms with Crippen molar-refractivity contribution >= 4 is 23.3 Å². The number of benzene rings is 1. The molecule has 2 aliphatic rings.